The van der Waals surface area contributed by atoms with Gasteiger partial charge in [-0.05, 0) is 32.1 Å². The van der Waals surface area contributed by atoms with Gasteiger partial charge in [-0.1, -0.05) is 19.9 Å². The molecule has 106 valence electrons. The van der Waals surface area contributed by atoms with Gasteiger partial charge in [0.2, 0.25) is 0 Å². The number of nitrogens with zero attached hydrogens (tertiary/aromatic N) is 1. The number of hydrogen-bond acceptors (Lipinski definition) is 4. The minimum Gasteiger partial charge on any atom is -0.478 e. The van der Waals surface area contributed by atoms with Crippen molar-refractivity contribution in [3.05, 3.63) is 23.8 Å². The average molecular weight is 265 g/mol. The number of benzene rings is 1. The van der Waals surface area contributed by atoms with Gasteiger partial charge in [0.25, 0.3) is 0 Å². The maximum absolute atomic E-state index is 11.0. The van der Waals surface area contributed by atoms with Gasteiger partial charge in [0.15, 0.2) is 0 Å². The standard InChI is InChI=1S/C14H23N3O2/c1-4-17(5-2)9-10(3)16-12-8-6-7-11(13(12)15)14(18)19/h6-8,10,16H,4-5,9,15H2,1-3H3,(H,18,19). The quantitative estimate of drug-likeness (QED) is 0.658. The van der Waals surface area contributed by atoms with E-state index in [1.54, 1.807) is 12.1 Å². The molecule has 1 aromatic carbocycles. The van der Waals surface area contributed by atoms with Crippen molar-refractivity contribution in [3.63, 3.8) is 0 Å². The number of hydrogen-bond donors (Lipinski definition) is 3. The van der Waals surface area contributed by atoms with Gasteiger partial charge >= 0.3 is 5.97 Å². The number of likely N-dealkylation sites (N-methyl/N-ethyl adjacent to an activating group) is 1. The van der Waals surface area contributed by atoms with Crippen LogP contribution in [0.15, 0.2) is 18.2 Å². The van der Waals surface area contributed by atoms with Crippen LogP contribution in [0, 0.1) is 0 Å². The monoisotopic (exact) mass is 265 g/mol. The molecule has 0 spiro atoms. The highest BCUT2D eigenvalue weighted by molar-refractivity contribution is 5.97. The van der Waals surface area contributed by atoms with Crippen molar-refractivity contribution >= 4 is 17.3 Å². The molecule has 0 fully saturated rings. The molecule has 1 aromatic rings. The Hall–Kier alpha value is -1.75. The lowest BCUT2D eigenvalue weighted by Crippen LogP contribution is -2.35. The predicted molar refractivity (Wildman–Crippen MR) is 78.7 cm³/mol. The van der Waals surface area contributed by atoms with Gasteiger partial charge in [0.1, 0.15) is 0 Å². The fraction of sp³-hybridized carbons (Fsp3) is 0.500. The van der Waals surface area contributed by atoms with E-state index in [4.69, 9.17) is 10.8 Å². The van der Waals surface area contributed by atoms with E-state index in [9.17, 15) is 4.79 Å². The molecule has 0 aliphatic carbocycles. The highest BCUT2D eigenvalue weighted by atomic mass is 16.4. The number of anilines is 2. The van der Waals surface area contributed by atoms with Crippen LogP contribution in [-0.2, 0) is 0 Å². The summed E-state index contributed by atoms with van der Waals surface area (Å²) in [6.07, 6.45) is 0. The zero-order chi connectivity index (χ0) is 14.4. The Labute approximate surface area is 114 Å². The first-order valence-corrected chi connectivity index (χ1v) is 6.60. The maximum atomic E-state index is 11.0. The molecule has 19 heavy (non-hydrogen) atoms. The van der Waals surface area contributed by atoms with E-state index in [-0.39, 0.29) is 11.6 Å². The number of carboxylic acid groups (broad SMARTS) is 1. The third-order valence-electron chi connectivity index (χ3n) is 3.16. The van der Waals surface area contributed by atoms with Crippen LogP contribution in [0.25, 0.3) is 0 Å². The molecule has 0 saturated heterocycles. The topological polar surface area (TPSA) is 78.6 Å². The van der Waals surface area contributed by atoms with Crippen molar-refractivity contribution in [1.82, 2.24) is 4.90 Å². The summed E-state index contributed by atoms with van der Waals surface area (Å²) in [4.78, 5) is 13.3. The lowest BCUT2D eigenvalue weighted by atomic mass is 10.1. The first kappa shape index (κ1) is 15.3. The summed E-state index contributed by atoms with van der Waals surface area (Å²) in [6.45, 7) is 9.18. The minimum atomic E-state index is -1.00. The first-order valence-electron chi connectivity index (χ1n) is 6.60. The van der Waals surface area contributed by atoms with Crippen molar-refractivity contribution in [1.29, 1.82) is 0 Å². The van der Waals surface area contributed by atoms with Gasteiger partial charge in [-0.2, -0.15) is 0 Å². The summed E-state index contributed by atoms with van der Waals surface area (Å²) < 4.78 is 0. The second-order valence-corrected chi connectivity index (χ2v) is 4.60. The van der Waals surface area contributed by atoms with Crippen LogP contribution in [0.2, 0.25) is 0 Å². The Morgan fingerprint density at radius 1 is 1.42 bits per heavy atom. The molecule has 1 unspecified atom stereocenters. The molecule has 1 rings (SSSR count). The van der Waals surface area contributed by atoms with Crippen LogP contribution in [0.3, 0.4) is 0 Å². The third kappa shape index (κ3) is 4.13. The molecule has 0 radical (unpaired) electrons. The number of carbonyl (C=O) groups is 1. The van der Waals surface area contributed by atoms with Crippen molar-refractivity contribution in [2.24, 2.45) is 0 Å². The van der Waals surface area contributed by atoms with Gasteiger partial charge in [-0.15, -0.1) is 0 Å². The molecule has 0 saturated carbocycles. The van der Waals surface area contributed by atoms with Gasteiger partial charge in [-0.25, -0.2) is 4.79 Å². The number of nitrogens with two attached hydrogens (primary N) is 1. The highest BCUT2D eigenvalue weighted by Crippen LogP contribution is 2.23. The van der Waals surface area contributed by atoms with E-state index < -0.39 is 5.97 Å². The smallest absolute Gasteiger partial charge is 0.337 e. The Kier molecular flexibility index (Phi) is 5.63. The molecule has 0 heterocycles. The summed E-state index contributed by atoms with van der Waals surface area (Å²) in [5.74, 6) is -1.00. The van der Waals surface area contributed by atoms with Gasteiger partial charge < -0.3 is 21.1 Å². The molecular weight excluding hydrogens is 242 g/mol. The average Bonchev–Trinajstić information content (AvgIpc) is 2.38. The first-order chi connectivity index (χ1) is 8.99. The number of nitrogen functional groups attached to an aromatic ring is 1. The normalized spacial score (nSPS) is 12.4. The Morgan fingerprint density at radius 3 is 2.58 bits per heavy atom. The molecule has 4 N–H and O–H groups in total. The molecule has 0 bridgehead atoms. The zero-order valence-electron chi connectivity index (χ0n) is 11.8. The minimum absolute atomic E-state index is 0.139. The SMILES string of the molecule is CCN(CC)CC(C)Nc1cccc(C(=O)O)c1N. The number of aromatic carboxylic acids is 1. The Bertz CT molecular complexity index is 431. The van der Waals surface area contributed by atoms with E-state index in [0.29, 0.717) is 11.4 Å². The van der Waals surface area contributed by atoms with Gasteiger partial charge in [0, 0.05) is 12.6 Å². The van der Waals surface area contributed by atoms with E-state index >= 15 is 0 Å². The number of para-hydroxylation sites is 1. The zero-order valence-corrected chi connectivity index (χ0v) is 11.8. The van der Waals surface area contributed by atoms with Crippen LogP contribution >= 0.6 is 0 Å². The van der Waals surface area contributed by atoms with Crippen molar-refractivity contribution in [3.8, 4) is 0 Å². The summed E-state index contributed by atoms with van der Waals surface area (Å²) in [6, 6.07) is 5.22. The Balaban J connectivity index is 2.77. The van der Waals surface area contributed by atoms with E-state index in [1.165, 1.54) is 6.07 Å². The highest BCUT2D eigenvalue weighted by Gasteiger charge is 2.13. The lowest BCUT2D eigenvalue weighted by Gasteiger charge is -2.24. The second-order valence-electron chi connectivity index (χ2n) is 4.60. The third-order valence-corrected chi connectivity index (χ3v) is 3.16. The van der Waals surface area contributed by atoms with Crippen LogP contribution in [0.4, 0.5) is 11.4 Å². The fourth-order valence-electron chi connectivity index (χ4n) is 2.06. The molecule has 0 aromatic heterocycles. The summed E-state index contributed by atoms with van der Waals surface area (Å²) in [5, 5.41) is 12.3. The van der Waals surface area contributed by atoms with E-state index in [1.807, 2.05) is 0 Å². The van der Waals surface area contributed by atoms with E-state index in [0.717, 1.165) is 19.6 Å². The number of rotatable bonds is 7. The summed E-state index contributed by atoms with van der Waals surface area (Å²) >= 11 is 0. The summed E-state index contributed by atoms with van der Waals surface area (Å²) in [5.41, 5.74) is 6.98. The molecule has 5 nitrogen and oxygen atoms in total. The lowest BCUT2D eigenvalue weighted by molar-refractivity contribution is 0.0698. The van der Waals surface area contributed by atoms with Crippen LogP contribution in [0.5, 0.6) is 0 Å². The molecule has 1 atom stereocenters. The van der Waals surface area contributed by atoms with Crippen molar-refractivity contribution < 1.29 is 9.90 Å². The van der Waals surface area contributed by atoms with Crippen molar-refractivity contribution in [2.75, 3.05) is 30.7 Å². The number of nitrogens with one attached hydrogen (secondary N) is 1. The predicted octanol–water partition coefficient (Wildman–Crippen LogP) is 2.11. The van der Waals surface area contributed by atoms with Crippen molar-refractivity contribution in [2.45, 2.75) is 26.8 Å². The van der Waals surface area contributed by atoms with E-state index in [2.05, 4.69) is 31.0 Å². The van der Waals surface area contributed by atoms with Crippen LogP contribution < -0.4 is 11.1 Å². The maximum Gasteiger partial charge on any atom is 0.337 e. The summed E-state index contributed by atoms with van der Waals surface area (Å²) in [7, 11) is 0. The van der Waals surface area contributed by atoms with Gasteiger partial charge in [0.05, 0.1) is 16.9 Å². The van der Waals surface area contributed by atoms with Gasteiger partial charge in [-0.3, -0.25) is 0 Å². The Morgan fingerprint density at radius 2 is 2.05 bits per heavy atom. The van der Waals surface area contributed by atoms with Crippen LogP contribution in [0.1, 0.15) is 31.1 Å². The molecule has 5 heteroatoms. The largest absolute Gasteiger partial charge is 0.478 e. The van der Waals surface area contributed by atoms with Crippen LogP contribution in [-0.4, -0.2) is 41.7 Å². The molecule has 0 aliphatic rings. The second kappa shape index (κ2) is 6.99. The number of carboxylic acids is 1. The fourth-order valence-corrected chi connectivity index (χ4v) is 2.06. The molecular formula is C14H23N3O2. The molecule has 0 amide bonds. The molecule has 0 aliphatic heterocycles.